The standard InChI is InChI=1S/C20H18ClNO5/c1-13-2-5-15(11-16(13)21)22-19(23)12-27-20(24)7-4-14-3-6-17-18(10-14)26-9-8-25-17/h2-7,10-11H,8-9,12H2,1H3,(H,22,23)/b7-4+. The summed E-state index contributed by atoms with van der Waals surface area (Å²) < 4.78 is 15.9. The third-order valence-electron chi connectivity index (χ3n) is 3.78. The van der Waals surface area contributed by atoms with E-state index in [2.05, 4.69) is 5.32 Å². The van der Waals surface area contributed by atoms with Crippen LogP contribution in [0, 0.1) is 6.92 Å². The van der Waals surface area contributed by atoms with Crippen molar-refractivity contribution in [1.29, 1.82) is 0 Å². The molecule has 0 saturated heterocycles. The van der Waals surface area contributed by atoms with E-state index in [9.17, 15) is 9.59 Å². The number of hydrogen-bond acceptors (Lipinski definition) is 5. The summed E-state index contributed by atoms with van der Waals surface area (Å²) in [5, 5.41) is 3.17. The Labute approximate surface area is 161 Å². The van der Waals surface area contributed by atoms with Crippen molar-refractivity contribution in [2.45, 2.75) is 6.92 Å². The van der Waals surface area contributed by atoms with E-state index in [4.69, 9.17) is 25.8 Å². The lowest BCUT2D eigenvalue weighted by molar-refractivity contribution is -0.142. The van der Waals surface area contributed by atoms with Crippen LogP contribution in [0.4, 0.5) is 5.69 Å². The molecule has 0 bridgehead atoms. The molecule has 1 aliphatic heterocycles. The van der Waals surface area contributed by atoms with E-state index >= 15 is 0 Å². The Morgan fingerprint density at radius 2 is 1.93 bits per heavy atom. The molecule has 0 unspecified atom stereocenters. The van der Waals surface area contributed by atoms with Crippen molar-refractivity contribution in [3.63, 3.8) is 0 Å². The van der Waals surface area contributed by atoms with Crippen LogP contribution in [0.15, 0.2) is 42.5 Å². The Kier molecular flexibility index (Phi) is 5.98. The fraction of sp³-hybridized carbons (Fsp3) is 0.200. The molecule has 0 fully saturated rings. The first-order chi connectivity index (χ1) is 13.0. The minimum atomic E-state index is -0.623. The van der Waals surface area contributed by atoms with Crippen LogP contribution in [0.25, 0.3) is 6.08 Å². The van der Waals surface area contributed by atoms with Crippen molar-refractivity contribution in [3.8, 4) is 11.5 Å². The molecule has 27 heavy (non-hydrogen) atoms. The molecule has 1 heterocycles. The Morgan fingerprint density at radius 1 is 1.15 bits per heavy atom. The van der Waals surface area contributed by atoms with Crippen LogP contribution in [0.1, 0.15) is 11.1 Å². The van der Waals surface area contributed by atoms with Crippen molar-refractivity contribution in [2.75, 3.05) is 25.1 Å². The number of hydrogen-bond donors (Lipinski definition) is 1. The Balaban J connectivity index is 1.49. The largest absolute Gasteiger partial charge is 0.486 e. The second kappa shape index (κ2) is 8.60. The molecule has 0 atom stereocenters. The molecule has 0 saturated carbocycles. The molecule has 1 N–H and O–H groups in total. The van der Waals surface area contributed by atoms with Gasteiger partial charge in [-0.15, -0.1) is 0 Å². The normalized spacial score (nSPS) is 12.7. The Morgan fingerprint density at radius 3 is 2.70 bits per heavy atom. The number of amides is 1. The molecule has 1 amide bonds. The molecule has 3 rings (SSSR count). The van der Waals surface area contributed by atoms with Gasteiger partial charge in [0, 0.05) is 16.8 Å². The van der Waals surface area contributed by atoms with E-state index in [1.807, 2.05) is 6.92 Å². The molecule has 2 aromatic carbocycles. The topological polar surface area (TPSA) is 73.9 Å². The minimum Gasteiger partial charge on any atom is -0.486 e. The Hall–Kier alpha value is -2.99. The Bertz CT molecular complexity index is 894. The molecule has 0 aliphatic carbocycles. The van der Waals surface area contributed by atoms with Crippen LogP contribution in [-0.4, -0.2) is 31.7 Å². The fourth-order valence-corrected chi connectivity index (χ4v) is 2.56. The summed E-state index contributed by atoms with van der Waals surface area (Å²) in [6.45, 7) is 2.48. The van der Waals surface area contributed by atoms with Gasteiger partial charge >= 0.3 is 5.97 Å². The lowest BCUT2D eigenvalue weighted by Gasteiger charge is -2.18. The first-order valence-electron chi connectivity index (χ1n) is 8.32. The SMILES string of the molecule is Cc1ccc(NC(=O)COC(=O)/C=C/c2ccc3c(c2)OCCO3)cc1Cl. The van der Waals surface area contributed by atoms with E-state index in [-0.39, 0.29) is 0 Å². The van der Waals surface area contributed by atoms with Crippen molar-refractivity contribution in [2.24, 2.45) is 0 Å². The molecule has 140 valence electrons. The lowest BCUT2D eigenvalue weighted by Crippen LogP contribution is -2.20. The first-order valence-corrected chi connectivity index (χ1v) is 8.69. The second-order valence-electron chi connectivity index (χ2n) is 5.86. The zero-order valence-electron chi connectivity index (χ0n) is 14.7. The number of nitrogens with one attached hydrogen (secondary N) is 1. The van der Waals surface area contributed by atoms with Crippen LogP contribution in [0.2, 0.25) is 5.02 Å². The molecule has 2 aromatic rings. The van der Waals surface area contributed by atoms with Crippen molar-refractivity contribution >= 4 is 35.2 Å². The van der Waals surface area contributed by atoms with Gasteiger partial charge in [-0.25, -0.2) is 4.79 Å². The summed E-state index contributed by atoms with van der Waals surface area (Å²) in [4.78, 5) is 23.7. The maximum Gasteiger partial charge on any atom is 0.331 e. The van der Waals surface area contributed by atoms with Crippen molar-refractivity contribution in [3.05, 3.63) is 58.6 Å². The van der Waals surface area contributed by atoms with Gasteiger partial charge in [-0.05, 0) is 48.4 Å². The average molecular weight is 388 g/mol. The van der Waals surface area contributed by atoms with Crippen LogP contribution >= 0.6 is 11.6 Å². The number of ether oxygens (including phenoxy) is 3. The van der Waals surface area contributed by atoms with Gasteiger partial charge in [0.25, 0.3) is 5.91 Å². The van der Waals surface area contributed by atoms with Gasteiger partial charge in [0.2, 0.25) is 0 Å². The number of halogens is 1. The predicted molar refractivity (Wildman–Crippen MR) is 102 cm³/mol. The molecule has 6 nitrogen and oxygen atoms in total. The number of rotatable bonds is 5. The number of benzene rings is 2. The maximum absolute atomic E-state index is 11.9. The molecule has 7 heteroatoms. The van der Waals surface area contributed by atoms with Crippen molar-refractivity contribution < 1.29 is 23.8 Å². The molecule has 0 aromatic heterocycles. The summed E-state index contributed by atoms with van der Waals surface area (Å²) in [6.07, 6.45) is 2.83. The highest BCUT2D eigenvalue weighted by atomic mass is 35.5. The summed E-state index contributed by atoms with van der Waals surface area (Å²) in [7, 11) is 0. The van der Waals surface area contributed by atoms with Gasteiger partial charge in [0.15, 0.2) is 18.1 Å². The van der Waals surface area contributed by atoms with E-state index in [1.165, 1.54) is 6.08 Å². The summed E-state index contributed by atoms with van der Waals surface area (Å²) in [6, 6.07) is 10.5. The minimum absolute atomic E-state index is 0.393. The third-order valence-corrected chi connectivity index (χ3v) is 4.19. The van der Waals surface area contributed by atoms with Crippen molar-refractivity contribution in [1.82, 2.24) is 0 Å². The van der Waals surface area contributed by atoms with Crippen LogP contribution in [-0.2, 0) is 14.3 Å². The summed E-state index contributed by atoms with van der Waals surface area (Å²) in [5.74, 6) is 0.236. The van der Waals surface area contributed by atoms with Crippen LogP contribution in [0.3, 0.4) is 0 Å². The number of carbonyl (C=O) groups is 2. The van der Waals surface area contributed by atoms with Gasteiger partial charge in [-0.2, -0.15) is 0 Å². The van der Waals surface area contributed by atoms with E-state index in [0.717, 1.165) is 11.1 Å². The van der Waals surface area contributed by atoms with Gasteiger partial charge in [0.05, 0.1) is 0 Å². The van der Waals surface area contributed by atoms with E-state index in [0.29, 0.717) is 35.4 Å². The fourth-order valence-electron chi connectivity index (χ4n) is 2.38. The predicted octanol–water partition coefficient (Wildman–Crippen LogP) is 3.61. The number of aryl methyl sites for hydroxylation is 1. The van der Waals surface area contributed by atoms with Gasteiger partial charge in [-0.1, -0.05) is 23.7 Å². The molecular formula is C20H18ClNO5. The lowest BCUT2D eigenvalue weighted by atomic mass is 10.2. The maximum atomic E-state index is 11.9. The quantitative estimate of drug-likeness (QED) is 0.626. The van der Waals surface area contributed by atoms with E-state index < -0.39 is 18.5 Å². The van der Waals surface area contributed by atoms with Gasteiger partial charge in [-0.3, -0.25) is 4.79 Å². The third kappa shape index (κ3) is 5.24. The highest BCUT2D eigenvalue weighted by molar-refractivity contribution is 6.31. The summed E-state index contributed by atoms with van der Waals surface area (Å²) >= 11 is 6.01. The molecule has 1 aliphatic rings. The van der Waals surface area contributed by atoms with E-state index in [1.54, 1.807) is 42.5 Å². The highest BCUT2D eigenvalue weighted by Gasteiger charge is 2.11. The second-order valence-corrected chi connectivity index (χ2v) is 6.26. The van der Waals surface area contributed by atoms with Gasteiger partial charge < -0.3 is 19.5 Å². The zero-order chi connectivity index (χ0) is 19.2. The molecular weight excluding hydrogens is 370 g/mol. The van der Waals surface area contributed by atoms with Crippen LogP contribution in [0.5, 0.6) is 11.5 Å². The first kappa shape index (κ1) is 18.8. The zero-order valence-corrected chi connectivity index (χ0v) is 15.4. The van der Waals surface area contributed by atoms with Gasteiger partial charge in [0.1, 0.15) is 13.2 Å². The molecule has 0 radical (unpaired) electrons. The highest BCUT2D eigenvalue weighted by Crippen LogP contribution is 2.31. The smallest absolute Gasteiger partial charge is 0.331 e. The number of carbonyl (C=O) groups excluding carboxylic acids is 2. The van der Waals surface area contributed by atoms with Crippen LogP contribution < -0.4 is 14.8 Å². The number of fused-ring (bicyclic) bond motifs is 1. The average Bonchev–Trinajstić information content (AvgIpc) is 2.67. The molecule has 0 spiro atoms. The summed E-state index contributed by atoms with van der Waals surface area (Å²) in [5.41, 5.74) is 2.21. The number of anilines is 1. The number of esters is 1. The monoisotopic (exact) mass is 387 g/mol.